The number of aliphatic hydroxyl groups excluding tert-OH is 1. The Balaban J connectivity index is 3.13. The summed E-state index contributed by atoms with van der Waals surface area (Å²) in [4.78, 5) is 0. The molecule has 0 saturated heterocycles. The van der Waals surface area contributed by atoms with Crippen molar-refractivity contribution in [2.75, 3.05) is 7.11 Å². The first kappa shape index (κ1) is 7.88. The minimum atomic E-state index is -0.127. The molecule has 3 heteroatoms. The Bertz CT molecular complexity index is 245. The topological polar surface area (TPSA) is 49.7 Å². The van der Waals surface area contributed by atoms with Gasteiger partial charge in [0.1, 0.15) is 0 Å². The average molecular weight is 154 g/mol. The van der Waals surface area contributed by atoms with E-state index >= 15 is 0 Å². The summed E-state index contributed by atoms with van der Waals surface area (Å²) in [6, 6.07) is 4.86. The Labute approximate surface area is 64.9 Å². The number of ether oxygens (including phenoxy) is 1. The number of para-hydroxylation sites is 1. The zero-order valence-corrected chi connectivity index (χ0v) is 6.24. The first-order valence-electron chi connectivity index (χ1n) is 3.25. The minimum Gasteiger partial charge on any atom is -0.504 e. The molecule has 0 spiro atoms. The van der Waals surface area contributed by atoms with Gasteiger partial charge in [0.2, 0.25) is 0 Å². The lowest BCUT2D eigenvalue weighted by Gasteiger charge is -2.06. The zero-order chi connectivity index (χ0) is 8.27. The molecule has 0 unspecified atom stereocenters. The monoisotopic (exact) mass is 154 g/mol. The van der Waals surface area contributed by atoms with E-state index in [2.05, 4.69) is 0 Å². The van der Waals surface area contributed by atoms with Gasteiger partial charge in [-0.15, -0.1) is 0 Å². The molecular formula is C8H10O3. The van der Waals surface area contributed by atoms with Gasteiger partial charge in [-0.25, -0.2) is 0 Å². The van der Waals surface area contributed by atoms with Crippen molar-refractivity contribution < 1.29 is 14.9 Å². The van der Waals surface area contributed by atoms with E-state index in [0.29, 0.717) is 11.3 Å². The Morgan fingerprint density at radius 2 is 2.18 bits per heavy atom. The lowest BCUT2D eigenvalue weighted by atomic mass is 10.2. The fourth-order valence-corrected chi connectivity index (χ4v) is 0.931. The maximum atomic E-state index is 9.19. The largest absolute Gasteiger partial charge is 0.504 e. The Morgan fingerprint density at radius 3 is 2.64 bits per heavy atom. The number of hydrogen-bond donors (Lipinski definition) is 2. The third-order valence-corrected chi connectivity index (χ3v) is 1.45. The zero-order valence-electron chi connectivity index (χ0n) is 6.24. The summed E-state index contributed by atoms with van der Waals surface area (Å²) in [5, 5.41) is 18.0. The molecular weight excluding hydrogens is 144 g/mol. The summed E-state index contributed by atoms with van der Waals surface area (Å²) < 4.78 is 4.86. The third-order valence-electron chi connectivity index (χ3n) is 1.45. The van der Waals surface area contributed by atoms with E-state index < -0.39 is 0 Å². The van der Waals surface area contributed by atoms with E-state index in [1.807, 2.05) is 0 Å². The summed E-state index contributed by atoms with van der Waals surface area (Å²) in [6.45, 7) is -0.127. The van der Waals surface area contributed by atoms with Gasteiger partial charge in [-0.05, 0) is 6.07 Å². The van der Waals surface area contributed by atoms with Gasteiger partial charge in [0.05, 0.1) is 13.7 Å². The second-order valence-electron chi connectivity index (χ2n) is 2.13. The van der Waals surface area contributed by atoms with Crippen LogP contribution >= 0.6 is 0 Å². The van der Waals surface area contributed by atoms with Crippen LogP contribution in [-0.2, 0) is 6.61 Å². The van der Waals surface area contributed by atoms with E-state index in [4.69, 9.17) is 9.84 Å². The SMILES string of the molecule is COc1c(O)cccc1CO. The van der Waals surface area contributed by atoms with Gasteiger partial charge >= 0.3 is 0 Å². The molecule has 11 heavy (non-hydrogen) atoms. The van der Waals surface area contributed by atoms with Crippen molar-refractivity contribution in [1.82, 2.24) is 0 Å². The van der Waals surface area contributed by atoms with Crippen molar-refractivity contribution in [3.63, 3.8) is 0 Å². The molecule has 0 heterocycles. The second kappa shape index (κ2) is 3.25. The maximum absolute atomic E-state index is 9.19. The van der Waals surface area contributed by atoms with Crippen LogP contribution in [-0.4, -0.2) is 17.3 Å². The highest BCUT2D eigenvalue weighted by Crippen LogP contribution is 2.29. The molecule has 1 rings (SSSR count). The van der Waals surface area contributed by atoms with Gasteiger partial charge < -0.3 is 14.9 Å². The van der Waals surface area contributed by atoms with Crippen molar-refractivity contribution in [3.8, 4) is 11.5 Å². The first-order valence-corrected chi connectivity index (χ1v) is 3.25. The molecule has 0 atom stereocenters. The molecule has 1 aromatic carbocycles. The van der Waals surface area contributed by atoms with Crippen LogP contribution in [0.5, 0.6) is 11.5 Å². The number of rotatable bonds is 2. The average Bonchev–Trinajstić information content (AvgIpc) is 2.04. The van der Waals surface area contributed by atoms with Crippen molar-refractivity contribution >= 4 is 0 Å². The van der Waals surface area contributed by atoms with Crippen LogP contribution in [0, 0.1) is 0 Å². The number of methoxy groups -OCH3 is 1. The summed E-state index contributed by atoms with van der Waals surface area (Å²) in [5.41, 5.74) is 0.590. The third kappa shape index (κ3) is 1.43. The maximum Gasteiger partial charge on any atom is 0.165 e. The van der Waals surface area contributed by atoms with E-state index in [1.165, 1.54) is 13.2 Å². The van der Waals surface area contributed by atoms with Crippen LogP contribution in [0.1, 0.15) is 5.56 Å². The van der Waals surface area contributed by atoms with Gasteiger partial charge in [0.25, 0.3) is 0 Å². The highest BCUT2D eigenvalue weighted by atomic mass is 16.5. The van der Waals surface area contributed by atoms with Crippen LogP contribution in [0.25, 0.3) is 0 Å². The molecule has 0 radical (unpaired) electrons. The molecule has 0 aliphatic heterocycles. The van der Waals surface area contributed by atoms with Crippen LogP contribution in [0.15, 0.2) is 18.2 Å². The Morgan fingerprint density at radius 1 is 1.45 bits per heavy atom. The lowest BCUT2D eigenvalue weighted by Crippen LogP contribution is -1.91. The van der Waals surface area contributed by atoms with Crippen molar-refractivity contribution in [1.29, 1.82) is 0 Å². The Hall–Kier alpha value is -1.22. The van der Waals surface area contributed by atoms with Crippen LogP contribution < -0.4 is 4.74 Å². The summed E-state index contributed by atoms with van der Waals surface area (Å²) in [5.74, 6) is 0.397. The predicted molar refractivity (Wildman–Crippen MR) is 40.6 cm³/mol. The number of phenolic OH excluding ortho intramolecular Hbond substituents is 1. The molecule has 0 saturated carbocycles. The van der Waals surface area contributed by atoms with Crippen LogP contribution in [0.3, 0.4) is 0 Å². The van der Waals surface area contributed by atoms with Gasteiger partial charge in [-0.3, -0.25) is 0 Å². The quantitative estimate of drug-likeness (QED) is 0.665. The van der Waals surface area contributed by atoms with Crippen molar-refractivity contribution in [2.45, 2.75) is 6.61 Å². The smallest absolute Gasteiger partial charge is 0.165 e. The van der Waals surface area contributed by atoms with Gasteiger partial charge in [-0.1, -0.05) is 12.1 Å². The fourth-order valence-electron chi connectivity index (χ4n) is 0.931. The molecule has 0 amide bonds. The molecule has 0 fully saturated rings. The summed E-state index contributed by atoms with van der Waals surface area (Å²) >= 11 is 0. The summed E-state index contributed by atoms with van der Waals surface area (Å²) in [6.07, 6.45) is 0. The molecule has 60 valence electrons. The summed E-state index contributed by atoms with van der Waals surface area (Å²) in [7, 11) is 1.45. The molecule has 3 nitrogen and oxygen atoms in total. The molecule has 2 N–H and O–H groups in total. The van der Waals surface area contributed by atoms with Crippen LogP contribution in [0.2, 0.25) is 0 Å². The van der Waals surface area contributed by atoms with Gasteiger partial charge in [0, 0.05) is 5.56 Å². The molecule has 0 aliphatic rings. The normalized spacial score (nSPS) is 9.64. The number of aliphatic hydroxyl groups is 1. The van der Waals surface area contributed by atoms with E-state index in [0.717, 1.165) is 0 Å². The number of benzene rings is 1. The number of aromatic hydroxyl groups is 1. The molecule has 0 aliphatic carbocycles. The standard InChI is InChI=1S/C8H10O3/c1-11-8-6(5-9)3-2-4-7(8)10/h2-4,9-10H,5H2,1H3. The molecule has 1 aromatic rings. The molecule has 0 aromatic heterocycles. The number of phenols is 1. The van der Waals surface area contributed by atoms with Gasteiger partial charge in [0.15, 0.2) is 11.5 Å². The highest BCUT2D eigenvalue weighted by Gasteiger charge is 2.05. The Kier molecular flexibility index (Phi) is 2.33. The van der Waals surface area contributed by atoms with E-state index in [-0.39, 0.29) is 12.4 Å². The fraction of sp³-hybridized carbons (Fsp3) is 0.250. The van der Waals surface area contributed by atoms with E-state index in [1.54, 1.807) is 12.1 Å². The van der Waals surface area contributed by atoms with Crippen LogP contribution in [0.4, 0.5) is 0 Å². The minimum absolute atomic E-state index is 0.0547. The van der Waals surface area contributed by atoms with E-state index in [9.17, 15) is 5.11 Å². The van der Waals surface area contributed by atoms with Crippen molar-refractivity contribution in [2.24, 2.45) is 0 Å². The molecule has 0 bridgehead atoms. The van der Waals surface area contributed by atoms with Crippen molar-refractivity contribution in [3.05, 3.63) is 23.8 Å². The van der Waals surface area contributed by atoms with Gasteiger partial charge in [-0.2, -0.15) is 0 Å². The first-order chi connectivity index (χ1) is 5.29. The highest BCUT2D eigenvalue weighted by molar-refractivity contribution is 5.45. The second-order valence-corrected chi connectivity index (χ2v) is 2.13. The number of hydrogen-bond acceptors (Lipinski definition) is 3. The predicted octanol–water partition coefficient (Wildman–Crippen LogP) is 0.893. The lowest BCUT2D eigenvalue weighted by molar-refractivity contribution is 0.270.